The van der Waals surface area contributed by atoms with Gasteiger partial charge in [0.15, 0.2) is 17.4 Å². The van der Waals surface area contributed by atoms with E-state index in [4.69, 9.17) is 14.1 Å². The Kier molecular flexibility index (Phi) is 24.4. The predicted octanol–water partition coefficient (Wildman–Crippen LogP) is -5.68. The van der Waals surface area contributed by atoms with Crippen molar-refractivity contribution in [3.63, 3.8) is 0 Å². The van der Waals surface area contributed by atoms with Gasteiger partial charge in [-0.1, -0.05) is 0 Å². The molecule has 0 fully saturated rings. The average molecular weight is 116 g/mol. The van der Waals surface area contributed by atoms with E-state index in [0.29, 0.717) is 0 Å². The Morgan fingerprint density at radius 3 is 1.50 bits per heavy atom. The Morgan fingerprint density at radius 2 is 1.50 bits per heavy atom. The van der Waals surface area contributed by atoms with Crippen molar-refractivity contribution in [2.24, 2.45) is 0 Å². The monoisotopic (exact) mass is 116 g/mol. The van der Waals surface area contributed by atoms with Gasteiger partial charge in [-0.25, -0.2) is 0 Å². The largest absolute Gasteiger partial charge is 1.00 e. The number of hydrogen-bond acceptors (Lipinski definition) is 1. The fraction of sp³-hybridized carbons (Fsp3) is 0. The fourth-order valence-corrected chi connectivity index (χ4v) is 0. The molecule has 0 amide bonds. The van der Waals surface area contributed by atoms with Crippen molar-refractivity contribution < 1.29 is 34.3 Å². The van der Waals surface area contributed by atoms with Gasteiger partial charge in [-0.2, -0.15) is 0 Å². The molecule has 0 aromatic rings. The number of hydrogen-bond donors (Lipinski definition) is 2. The molecule has 0 heterocycles. The zero-order valence-corrected chi connectivity index (χ0v) is 3.80. The van der Waals surface area contributed by atoms with Crippen LogP contribution in [0.3, 0.4) is 0 Å². The summed E-state index contributed by atoms with van der Waals surface area (Å²) < 4.78 is 8.74. The maximum atomic E-state index is 8.74. The Hall–Kier alpha value is 0.747. The first-order chi connectivity index (χ1) is 1.73. The molecule has 32 valence electrons. The van der Waals surface area contributed by atoms with Crippen LogP contribution in [0.1, 0.15) is 1.43 Å². The zero-order chi connectivity index (χ0) is 3.58. The molecule has 0 bridgehead atoms. The van der Waals surface area contributed by atoms with Crippen LogP contribution in [-0.2, 0) is 4.46 Å². The molecule has 0 saturated heterocycles. The maximum absolute atomic E-state index is 8.74. The van der Waals surface area contributed by atoms with Crippen molar-refractivity contribution in [1.29, 1.82) is 0 Å². The SMILES string of the molecule is O=[Si](O)O.[AlH3].[H-].[Li+]. The van der Waals surface area contributed by atoms with Crippen LogP contribution in [0, 0.1) is 0 Å². The molecule has 0 spiro atoms. The van der Waals surface area contributed by atoms with Crippen LogP contribution < -0.4 is 18.9 Å². The summed E-state index contributed by atoms with van der Waals surface area (Å²) in [4.78, 5) is 14.3. The summed E-state index contributed by atoms with van der Waals surface area (Å²) in [5.74, 6) is 0. The van der Waals surface area contributed by atoms with E-state index in [0.717, 1.165) is 0 Å². The molecule has 0 aromatic heterocycles. The summed E-state index contributed by atoms with van der Waals surface area (Å²) in [5.41, 5.74) is 0. The minimum Gasteiger partial charge on any atom is -1.00 e. The van der Waals surface area contributed by atoms with Crippen molar-refractivity contribution in [2.75, 3.05) is 0 Å². The molecular formula is H6AlLiO3Si. The van der Waals surface area contributed by atoms with Gasteiger partial charge in [0.2, 0.25) is 0 Å². The summed E-state index contributed by atoms with van der Waals surface area (Å²) >= 11 is 0. The second-order valence-corrected chi connectivity index (χ2v) is 0.848. The molecule has 0 aromatic carbocycles. The van der Waals surface area contributed by atoms with E-state index in [1.165, 1.54) is 0 Å². The van der Waals surface area contributed by atoms with Gasteiger partial charge in [0.1, 0.15) is 0 Å². The summed E-state index contributed by atoms with van der Waals surface area (Å²) in [6.07, 6.45) is 0. The summed E-state index contributed by atoms with van der Waals surface area (Å²) in [6, 6.07) is 0. The van der Waals surface area contributed by atoms with Crippen molar-refractivity contribution >= 4 is 26.5 Å². The van der Waals surface area contributed by atoms with Gasteiger partial charge in [0.05, 0.1) is 0 Å². The van der Waals surface area contributed by atoms with E-state index in [2.05, 4.69) is 0 Å². The van der Waals surface area contributed by atoms with Crippen LogP contribution >= 0.6 is 0 Å². The Labute approximate surface area is 61.1 Å². The average Bonchev–Trinajstić information content (AvgIpc) is 0.811. The molecule has 0 atom stereocenters. The minimum absolute atomic E-state index is 0. The van der Waals surface area contributed by atoms with E-state index in [1.807, 2.05) is 0 Å². The quantitative estimate of drug-likeness (QED) is 0.310. The first-order valence-corrected chi connectivity index (χ1v) is 1.95. The summed E-state index contributed by atoms with van der Waals surface area (Å²) in [6.45, 7) is 0. The first kappa shape index (κ1) is 15.9. The van der Waals surface area contributed by atoms with E-state index in [1.54, 1.807) is 0 Å². The standard InChI is InChI=1S/Al.Li.H2O3Si.4H/c;;1-4(2)3;;;;/h;;1-2H;;;;/q;+1;;;;;-1. The van der Waals surface area contributed by atoms with Crippen LogP contribution in [0.4, 0.5) is 0 Å². The Bertz CT molecular complexity index is 37.9. The molecule has 0 aliphatic rings. The van der Waals surface area contributed by atoms with Gasteiger partial charge >= 0.3 is 28.0 Å². The van der Waals surface area contributed by atoms with Crippen molar-refractivity contribution in [3.8, 4) is 0 Å². The molecule has 2 N–H and O–H groups in total. The van der Waals surface area contributed by atoms with E-state index in [-0.39, 0.29) is 37.6 Å². The fourth-order valence-electron chi connectivity index (χ4n) is 0. The van der Waals surface area contributed by atoms with Gasteiger partial charge in [0, 0.05) is 0 Å². The first-order valence-electron chi connectivity index (χ1n) is 0.651. The molecule has 6 heteroatoms. The Morgan fingerprint density at radius 1 is 1.50 bits per heavy atom. The third-order valence-electron chi connectivity index (χ3n) is 0. The van der Waals surface area contributed by atoms with Crippen molar-refractivity contribution in [3.05, 3.63) is 0 Å². The topological polar surface area (TPSA) is 57.5 Å². The molecule has 0 aliphatic heterocycles. The number of rotatable bonds is 0. The smallest absolute Gasteiger partial charge is 1.00 e. The van der Waals surface area contributed by atoms with Crippen LogP contribution in [0.25, 0.3) is 0 Å². The molecule has 0 radical (unpaired) electrons. The van der Waals surface area contributed by atoms with Crippen LogP contribution in [0.15, 0.2) is 0 Å². The van der Waals surface area contributed by atoms with E-state index in [9.17, 15) is 0 Å². The third kappa shape index (κ3) is 119. The molecular weight excluding hydrogens is 110 g/mol. The van der Waals surface area contributed by atoms with Crippen molar-refractivity contribution in [1.82, 2.24) is 0 Å². The van der Waals surface area contributed by atoms with Gasteiger partial charge < -0.3 is 11.0 Å². The van der Waals surface area contributed by atoms with Gasteiger partial charge in [-0.15, -0.1) is 0 Å². The van der Waals surface area contributed by atoms with Gasteiger partial charge in [-0.3, -0.25) is 4.46 Å². The predicted molar refractivity (Wildman–Crippen MR) is 21.9 cm³/mol. The molecule has 0 aliphatic carbocycles. The molecule has 0 unspecified atom stereocenters. The minimum atomic E-state index is -3.13. The van der Waals surface area contributed by atoms with Crippen LogP contribution in [0.5, 0.6) is 0 Å². The van der Waals surface area contributed by atoms with Crippen molar-refractivity contribution in [2.45, 2.75) is 0 Å². The van der Waals surface area contributed by atoms with Crippen LogP contribution in [-0.4, -0.2) is 36.1 Å². The van der Waals surface area contributed by atoms with Crippen LogP contribution in [0.2, 0.25) is 0 Å². The molecule has 6 heavy (non-hydrogen) atoms. The molecule has 0 saturated carbocycles. The summed E-state index contributed by atoms with van der Waals surface area (Å²) in [5, 5.41) is 0. The van der Waals surface area contributed by atoms with E-state index >= 15 is 0 Å². The Balaban J connectivity index is -0.0000000150. The van der Waals surface area contributed by atoms with Gasteiger partial charge in [-0.05, 0) is 0 Å². The molecule has 3 nitrogen and oxygen atoms in total. The third-order valence-corrected chi connectivity index (χ3v) is 0. The normalized spacial score (nSPS) is 4.00. The molecule has 0 rings (SSSR count). The maximum Gasteiger partial charge on any atom is 1.00 e. The van der Waals surface area contributed by atoms with Gasteiger partial charge in [0.25, 0.3) is 0 Å². The zero-order valence-electron chi connectivity index (χ0n) is 3.80. The second-order valence-electron chi connectivity index (χ2n) is 0.283. The van der Waals surface area contributed by atoms with E-state index < -0.39 is 9.17 Å². The summed E-state index contributed by atoms with van der Waals surface area (Å²) in [7, 11) is -3.13. The second kappa shape index (κ2) is 9.22.